The number of Topliss-reactive ketones (excluding diaryl/α,β-unsaturated/α-hetero) is 1. The molecule has 0 N–H and O–H groups in total. The molecule has 0 radical (unpaired) electrons. The molecule has 2 aromatic rings. The molecule has 0 bridgehead atoms. The van der Waals surface area contributed by atoms with Gasteiger partial charge >= 0.3 is 0 Å². The van der Waals surface area contributed by atoms with Gasteiger partial charge in [0, 0.05) is 17.4 Å². The molecule has 0 amide bonds. The van der Waals surface area contributed by atoms with Gasteiger partial charge in [0.15, 0.2) is 11.6 Å². The van der Waals surface area contributed by atoms with Gasteiger partial charge in [-0.3, -0.25) is 0 Å². The van der Waals surface area contributed by atoms with Crippen molar-refractivity contribution in [3.05, 3.63) is 40.9 Å². The second kappa shape index (κ2) is 5.35. The molecule has 0 atom stereocenters. The zero-order chi connectivity index (χ0) is 13.1. The number of ketones is 1. The van der Waals surface area contributed by atoms with Crippen LogP contribution in [0.2, 0.25) is 0 Å². The van der Waals surface area contributed by atoms with Crippen LogP contribution in [0.3, 0.4) is 0 Å². The molecule has 0 aliphatic rings. The summed E-state index contributed by atoms with van der Waals surface area (Å²) in [5.74, 6) is -1.64. The fourth-order valence-electron chi connectivity index (χ4n) is 1.49. The summed E-state index contributed by atoms with van der Waals surface area (Å²) in [6, 6.07) is 3.70. The van der Waals surface area contributed by atoms with Crippen LogP contribution >= 0.6 is 11.3 Å². The monoisotopic (exact) mass is 267 g/mol. The summed E-state index contributed by atoms with van der Waals surface area (Å²) in [6.07, 6.45) is 1.02. The van der Waals surface area contributed by atoms with Crippen LogP contribution in [0.1, 0.15) is 19.0 Å². The molecule has 18 heavy (non-hydrogen) atoms. The van der Waals surface area contributed by atoms with Crippen LogP contribution in [0.4, 0.5) is 8.78 Å². The van der Waals surface area contributed by atoms with Crippen LogP contribution in [0.15, 0.2) is 23.6 Å². The Balaban J connectivity index is 2.18. The number of aromatic nitrogens is 1. The highest BCUT2D eigenvalue weighted by molar-refractivity contribution is 7.13. The molecule has 0 aliphatic heterocycles. The topological polar surface area (TPSA) is 30.0 Å². The van der Waals surface area contributed by atoms with E-state index in [2.05, 4.69) is 4.98 Å². The van der Waals surface area contributed by atoms with Crippen LogP contribution in [-0.4, -0.2) is 10.8 Å². The van der Waals surface area contributed by atoms with Crippen molar-refractivity contribution in [1.29, 1.82) is 0 Å². The van der Waals surface area contributed by atoms with Gasteiger partial charge in [-0.15, -0.1) is 11.3 Å². The van der Waals surface area contributed by atoms with Crippen LogP contribution in [-0.2, 0) is 11.2 Å². The number of hydrogen-bond acceptors (Lipinski definition) is 3. The molecule has 0 unspecified atom stereocenters. The summed E-state index contributed by atoms with van der Waals surface area (Å²) in [6.45, 7) is 1.53. The van der Waals surface area contributed by atoms with E-state index in [0.717, 1.165) is 17.8 Å². The number of hydrogen-bond donors (Lipinski definition) is 0. The first-order valence-corrected chi connectivity index (χ1v) is 6.33. The number of halogens is 2. The first kappa shape index (κ1) is 12.8. The summed E-state index contributed by atoms with van der Waals surface area (Å²) in [4.78, 5) is 15.2. The molecule has 0 saturated heterocycles. The average molecular weight is 267 g/mol. The normalized spacial score (nSPS) is 10.6. The van der Waals surface area contributed by atoms with E-state index in [1.54, 1.807) is 0 Å². The van der Waals surface area contributed by atoms with Crippen molar-refractivity contribution in [2.24, 2.45) is 0 Å². The molecular weight excluding hydrogens is 256 g/mol. The number of aryl methyl sites for hydroxylation is 1. The molecule has 1 aromatic heterocycles. The third-order valence-electron chi connectivity index (χ3n) is 2.45. The first-order chi connectivity index (χ1) is 8.56. The number of nitrogens with zero attached hydrogens (tertiary/aromatic N) is 1. The molecule has 0 spiro atoms. The smallest absolute Gasteiger partial charge is 0.159 e. The lowest BCUT2D eigenvalue weighted by Crippen LogP contribution is -1.94. The largest absolute Gasteiger partial charge is 0.300 e. The summed E-state index contributed by atoms with van der Waals surface area (Å²) in [5.41, 5.74) is 1.35. The molecule has 1 heterocycles. The Hall–Kier alpha value is -1.62. The predicted octanol–water partition coefficient (Wildman–Crippen LogP) is 3.61. The maximum absolute atomic E-state index is 13.1. The lowest BCUT2D eigenvalue weighted by molar-refractivity contribution is -0.116. The van der Waals surface area contributed by atoms with Crippen molar-refractivity contribution in [2.45, 2.75) is 19.8 Å². The number of thiazole rings is 1. The van der Waals surface area contributed by atoms with Crippen molar-refractivity contribution < 1.29 is 13.6 Å². The molecule has 0 saturated carbocycles. The van der Waals surface area contributed by atoms with Crippen LogP contribution in [0, 0.1) is 11.6 Å². The fourth-order valence-corrected chi connectivity index (χ4v) is 2.34. The maximum atomic E-state index is 13.1. The zero-order valence-corrected chi connectivity index (χ0v) is 10.6. The highest BCUT2D eigenvalue weighted by Gasteiger charge is 2.08. The third kappa shape index (κ3) is 2.98. The maximum Gasteiger partial charge on any atom is 0.159 e. The highest BCUT2D eigenvalue weighted by atomic mass is 32.1. The minimum Gasteiger partial charge on any atom is -0.300 e. The molecule has 5 heteroatoms. The second-order valence-electron chi connectivity index (χ2n) is 3.97. The first-order valence-electron chi connectivity index (χ1n) is 5.45. The Morgan fingerprint density at radius 2 is 2.11 bits per heavy atom. The summed E-state index contributed by atoms with van der Waals surface area (Å²) in [5, 5.41) is 2.46. The molecule has 0 aliphatic carbocycles. The van der Waals surface area contributed by atoms with Gasteiger partial charge in [0.25, 0.3) is 0 Å². The van der Waals surface area contributed by atoms with E-state index in [1.165, 1.54) is 24.3 Å². The van der Waals surface area contributed by atoms with E-state index < -0.39 is 11.6 Å². The Labute approximate surface area is 107 Å². The molecule has 1 aromatic carbocycles. The van der Waals surface area contributed by atoms with Gasteiger partial charge in [-0.25, -0.2) is 13.8 Å². The molecule has 0 fully saturated rings. The zero-order valence-electron chi connectivity index (χ0n) is 9.74. The van der Waals surface area contributed by atoms with Gasteiger partial charge in [-0.2, -0.15) is 0 Å². The van der Waals surface area contributed by atoms with Gasteiger partial charge in [0.1, 0.15) is 10.8 Å². The predicted molar refractivity (Wildman–Crippen MR) is 66.5 cm³/mol. The van der Waals surface area contributed by atoms with E-state index in [4.69, 9.17) is 0 Å². The molecule has 2 rings (SSSR count). The van der Waals surface area contributed by atoms with Gasteiger partial charge in [-0.1, -0.05) is 0 Å². The van der Waals surface area contributed by atoms with Crippen molar-refractivity contribution in [3.63, 3.8) is 0 Å². The van der Waals surface area contributed by atoms with Crippen molar-refractivity contribution in [1.82, 2.24) is 4.98 Å². The van der Waals surface area contributed by atoms with Crippen molar-refractivity contribution in [2.75, 3.05) is 0 Å². The van der Waals surface area contributed by atoms with E-state index >= 15 is 0 Å². The summed E-state index contributed by atoms with van der Waals surface area (Å²) in [7, 11) is 0. The van der Waals surface area contributed by atoms with Crippen LogP contribution < -0.4 is 0 Å². The number of carbonyl (C=O) groups is 1. The number of benzene rings is 1. The van der Waals surface area contributed by atoms with Gasteiger partial charge < -0.3 is 4.79 Å². The van der Waals surface area contributed by atoms with Crippen molar-refractivity contribution >= 4 is 17.1 Å². The Kier molecular flexibility index (Phi) is 3.81. The van der Waals surface area contributed by atoms with E-state index in [9.17, 15) is 13.6 Å². The quantitative estimate of drug-likeness (QED) is 0.847. The Morgan fingerprint density at radius 1 is 1.33 bits per heavy atom. The summed E-state index contributed by atoms with van der Waals surface area (Å²) < 4.78 is 25.9. The second-order valence-corrected chi connectivity index (χ2v) is 4.83. The van der Waals surface area contributed by atoms with E-state index in [0.29, 0.717) is 23.4 Å². The Morgan fingerprint density at radius 3 is 2.78 bits per heavy atom. The van der Waals surface area contributed by atoms with Crippen LogP contribution in [0.5, 0.6) is 0 Å². The minimum absolute atomic E-state index is 0.109. The minimum atomic E-state index is -0.881. The molecular formula is C13H11F2NOS. The standard InChI is InChI=1S/C13H11F2NOS/c1-8(17)2-4-10-7-18-13(16-10)9-3-5-11(14)12(15)6-9/h3,5-7H,2,4H2,1H3. The van der Waals surface area contributed by atoms with E-state index in [-0.39, 0.29) is 5.78 Å². The Bertz CT molecular complexity index is 580. The lowest BCUT2D eigenvalue weighted by Gasteiger charge is -1.97. The molecule has 94 valence electrons. The average Bonchev–Trinajstić information content (AvgIpc) is 2.79. The SMILES string of the molecule is CC(=O)CCc1csc(-c2ccc(F)c(F)c2)n1. The van der Waals surface area contributed by atoms with Gasteiger partial charge in [0.05, 0.1) is 5.69 Å². The number of rotatable bonds is 4. The highest BCUT2D eigenvalue weighted by Crippen LogP contribution is 2.25. The lowest BCUT2D eigenvalue weighted by atomic mass is 10.2. The van der Waals surface area contributed by atoms with E-state index in [1.807, 2.05) is 5.38 Å². The van der Waals surface area contributed by atoms with Gasteiger partial charge in [-0.05, 0) is 31.5 Å². The fraction of sp³-hybridized carbons (Fsp3) is 0.231. The van der Waals surface area contributed by atoms with Crippen molar-refractivity contribution in [3.8, 4) is 10.6 Å². The third-order valence-corrected chi connectivity index (χ3v) is 3.39. The van der Waals surface area contributed by atoms with Gasteiger partial charge in [0.2, 0.25) is 0 Å². The number of carbonyl (C=O) groups excluding carboxylic acids is 1. The summed E-state index contributed by atoms with van der Waals surface area (Å²) >= 11 is 1.36. The van der Waals surface area contributed by atoms with Crippen LogP contribution in [0.25, 0.3) is 10.6 Å². The molecule has 2 nitrogen and oxygen atoms in total.